The molecule has 0 radical (unpaired) electrons. The molecule has 0 fully saturated rings. The van der Waals surface area contributed by atoms with E-state index in [1.807, 2.05) is 19.1 Å². The monoisotopic (exact) mass is 256 g/mol. The molecular weight excluding hydrogens is 240 g/mol. The molecule has 0 saturated heterocycles. The number of aromatic hydroxyl groups is 2. The van der Waals surface area contributed by atoms with Crippen molar-refractivity contribution in [1.29, 1.82) is 0 Å². The topological polar surface area (TPSA) is 65.4 Å². The molecule has 0 amide bonds. The van der Waals surface area contributed by atoms with E-state index in [-0.39, 0.29) is 17.5 Å². The lowest BCUT2D eigenvalue weighted by Crippen LogP contribution is -2.31. The normalized spacial score (nSPS) is 18.1. The maximum absolute atomic E-state index is 9.71. The third-order valence-corrected chi connectivity index (χ3v) is 3.61. The summed E-state index contributed by atoms with van der Waals surface area (Å²) >= 11 is 0. The van der Waals surface area contributed by atoms with Gasteiger partial charge in [0, 0.05) is 12.7 Å². The second kappa shape index (κ2) is 4.55. The number of pyridine rings is 1. The minimum Gasteiger partial charge on any atom is -0.504 e. The lowest BCUT2D eigenvalue weighted by atomic mass is 9.90. The van der Waals surface area contributed by atoms with Gasteiger partial charge < -0.3 is 15.5 Å². The van der Waals surface area contributed by atoms with Crippen LogP contribution in [0.15, 0.2) is 30.5 Å². The highest BCUT2D eigenvalue weighted by molar-refractivity contribution is 5.50. The van der Waals surface area contributed by atoms with Gasteiger partial charge in [-0.2, -0.15) is 0 Å². The molecule has 1 atom stereocenters. The van der Waals surface area contributed by atoms with Gasteiger partial charge in [-0.3, -0.25) is 4.98 Å². The highest BCUT2D eigenvalue weighted by Gasteiger charge is 2.25. The van der Waals surface area contributed by atoms with E-state index in [4.69, 9.17) is 0 Å². The number of hydrogen-bond acceptors (Lipinski definition) is 4. The Balaban J connectivity index is 2.13. The van der Waals surface area contributed by atoms with Crippen LogP contribution < -0.4 is 5.32 Å². The Labute approximate surface area is 111 Å². The zero-order valence-corrected chi connectivity index (χ0v) is 10.7. The Morgan fingerprint density at radius 1 is 1.26 bits per heavy atom. The van der Waals surface area contributed by atoms with Gasteiger partial charge in [0.25, 0.3) is 0 Å². The number of benzene rings is 1. The van der Waals surface area contributed by atoms with Crippen molar-refractivity contribution in [3.05, 3.63) is 52.8 Å². The molecule has 4 nitrogen and oxygen atoms in total. The number of phenolic OH excluding ortho intramolecular Hbond substituents is 2. The Morgan fingerprint density at radius 2 is 2.05 bits per heavy atom. The Morgan fingerprint density at radius 3 is 2.84 bits per heavy atom. The van der Waals surface area contributed by atoms with Crippen molar-refractivity contribution >= 4 is 0 Å². The van der Waals surface area contributed by atoms with Crippen LogP contribution in [0, 0.1) is 6.92 Å². The smallest absolute Gasteiger partial charge is 0.157 e. The van der Waals surface area contributed by atoms with Crippen molar-refractivity contribution in [2.24, 2.45) is 0 Å². The summed E-state index contributed by atoms with van der Waals surface area (Å²) in [5.74, 6) is -0.141. The molecule has 2 aromatic rings. The van der Waals surface area contributed by atoms with Crippen LogP contribution in [0.25, 0.3) is 0 Å². The van der Waals surface area contributed by atoms with Gasteiger partial charge in [-0.05, 0) is 48.2 Å². The standard InChI is InChI=1S/C15H16N2O2/c1-9-3-2-5-16-14(9)15-11-8-13(19)12(18)7-10(11)4-6-17-15/h2-3,5,7-8,15,17-19H,4,6H2,1H3. The van der Waals surface area contributed by atoms with Crippen molar-refractivity contribution < 1.29 is 10.2 Å². The summed E-state index contributed by atoms with van der Waals surface area (Å²) in [6, 6.07) is 7.19. The Bertz CT molecular complexity index is 626. The van der Waals surface area contributed by atoms with Crippen LogP contribution in [0.3, 0.4) is 0 Å². The molecule has 1 aromatic carbocycles. The highest BCUT2D eigenvalue weighted by atomic mass is 16.3. The van der Waals surface area contributed by atoms with E-state index >= 15 is 0 Å². The van der Waals surface area contributed by atoms with Gasteiger partial charge in [-0.25, -0.2) is 0 Å². The summed E-state index contributed by atoms with van der Waals surface area (Å²) in [4.78, 5) is 4.45. The molecule has 2 heterocycles. The minimum atomic E-state index is -0.0824. The second-order valence-corrected chi connectivity index (χ2v) is 4.88. The first-order chi connectivity index (χ1) is 9.16. The number of nitrogens with one attached hydrogen (secondary N) is 1. The number of phenols is 2. The molecule has 1 aliphatic heterocycles. The molecule has 0 aliphatic carbocycles. The van der Waals surface area contributed by atoms with Crippen LogP contribution in [0.5, 0.6) is 11.5 Å². The van der Waals surface area contributed by atoms with Crippen LogP contribution in [0.2, 0.25) is 0 Å². The van der Waals surface area contributed by atoms with E-state index < -0.39 is 0 Å². The van der Waals surface area contributed by atoms with Gasteiger partial charge in [0.2, 0.25) is 0 Å². The van der Waals surface area contributed by atoms with E-state index in [2.05, 4.69) is 10.3 Å². The lowest BCUT2D eigenvalue weighted by Gasteiger charge is -2.27. The third-order valence-electron chi connectivity index (χ3n) is 3.61. The summed E-state index contributed by atoms with van der Waals surface area (Å²) < 4.78 is 0. The van der Waals surface area contributed by atoms with Crippen LogP contribution in [-0.2, 0) is 6.42 Å². The predicted octanol–water partition coefficient (Wildman–Crippen LogP) is 2.04. The van der Waals surface area contributed by atoms with E-state index in [0.29, 0.717) is 0 Å². The number of nitrogens with zero attached hydrogens (tertiary/aromatic N) is 1. The van der Waals surface area contributed by atoms with E-state index in [1.165, 1.54) is 0 Å². The number of rotatable bonds is 1. The van der Waals surface area contributed by atoms with Gasteiger partial charge >= 0.3 is 0 Å². The van der Waals surface area contributed by atoms with Gasteiger partial charge in [0.1, 0.15) is 0 Å². The van der Waals surface area contributed by atoms with E-state index in [1.54, 1.807) is 18.3 Å². The zero-order valence-electron chi connectivity index (χ0n) is 10.7. The van der Waals surface area contributed by atoms with Crippen molar-refractivity contribution in [2.45, 2.75) is 19.4 Å². The van der Waals surface area contributed by atoms with Crippen LogP contribution >= 0.6 is 0 Å². The summed E-state index contributed by atoms with van der Waals surface area (Å²) in [7, 11) is 0. The van der Waals surface area contributed by atoms with Gasteiger partial charge in [0.15, 0.2) is 11.5 Å². The average Bonchev–Trinajstić information content (AvgIpc) is 2.40. The first-order valence-electron chi connectivity index (χ1n) is 6.36. The minimum absolute atomic E-state index is 0.0311. The van der Waals surface area contributed by atoms with Crippen molar-refractivity contribution in [3.63, 3.8) is 0 Å². The first kappa shape index (κ1) is 12.0. The van der Waals surface area contributed by atoms with Crippen LogP contribution in [-0.4, -0.2) is 21.7 Å². The Kier molecular flexibility index (Phi) is 2.87. The highest BCUT2D eigenvalue weighted by Crippen LogP contribution is 2.36. The Hall–Kier alpha value is -2.07. The van der Waals surface area contributed by atoms with Crippen molar-refractivity contribution in [3.8, 4) is 11.5 Å². The molecule has 0 bridgehead atoms. The van der Waals surface area contributed by atoms with E-state index in [9.17, 15) is 10.2 Å². The summed E-state index contributed by atoms with van der Waals surface area (Å²) in [6.07, 6.45) is 2.62. The van der Waals surface area contributed by atoms with Crippen molar-refractivity contribution in [2.75, 3.05) is 6.54 Å². The SMILES string of the molecule is Cc1cccnc1C1NCCc2cc(O)c(O)cc21. The lowest BCUT2D eigenvalue weighted by molar-refractivity contribution is 0.400. The predicted molar refractivity (Wildman–Crippen MR) is 72.3 cm³/mol. The maximum Gasteiger partial charge on any atom is 0.157 e. The van der Waals surface area contributed by atoms with Gasteiger partial charge in [-0.15, -0.1) is 0 Å². The first-order valence-corrected chi connectivity index (χ1v) is 6.36. The molecule has 3 rings (SSSR count). The van der Waals surface area contributed by atoms with Crippen molar-refractivity contribution in [1.82, 2.24) is 10.3 Å². The fraction of sp³-hybridized carbons (Fsp3) is 0.267. The molecule has 0 spiro atoms. The number of aryl methyl sites for hydroxylation is 1. The number of aromatic nitrogens is 1. The maximum atomic E-state index is 9.71. The summed E-state index contributed by atoms with van der Waals surface area (Å²) in [6.45, 7) is 2.86. The molecule has 1 unspecified atom stereocenters. The summed E-state index contributed by atoms with van der Waals surface area (Å²) in [5.41, 5.74) is 4.13. The molecule has 98 valence electrons. The van der Waals surface area contributed by atoms with Crippen LogP contribution in [0.4, 0.5) is 0 Å². The quantitative estimate of drug-likeness (QED) is 0.683. The molecule has 3 N–H and O–H groups in total. The zero-order chi connectivity index (χ0) is 13.4. The molecule has 0 saturated carbocycles. The molecule has 19 heavy (non-hydrogen) atoms. The van der Waals surface area contributed by atoms with Gasteiger partial charge in [0.05, 0.1) is 11.7 Å². The number of hydrogen-bond donors (Lipinski definition) is 3. The third kappa shape index (κ3) is 2.04. The summed E-state index contributed by atoms with van der Waals surface area (Å²) in [5, 5.41) is 22.7. The van der Waals surface area contributed by atoms with Gasteiger partial charge in [-0.1, -0.05) is 6.07 Å². The molecule has 4 heteroatoms. The largest absolute Gasteiger partial charge is 0.504 e. The van der Waals surface area contributed by atoms with E-state index in [0.717, 1.165) is 35.3 Å². The fourth-order valence-corrected chi connectivity index (χ4v) is 2.63. The fourth-order valence-electron chi connectivity index (χ4n) is 2.63. The number of fused-ring (bicyclic) bond motifs is 1. The van der Waals surface area contributed by atoms with Crippen LogP contribution in [0.1, 0.15) is 28.4 Å². The average molecular weight is 256 g/mol. The second-order valence-electron chi connectivity index (χ2n) is 4.88. The molecule has 1 aliphatic rings. The molecule has 1 aromatic heterocycles. The molecular formula is C15H16N2O2.